The van der Waals surface area contributed by atoms with E-state index in [1.165, 1.54) is 16.7 Å². The molecule has 0 unspecified atom stereocenters. The first kappa shape index (κ1) is 19.3. The maximum Gasteiger partial charge on any atom is 0.263 e. The zero-order valence-corrected chi connectivity index (χ0v) is 17.2. The van der Waals surface area contributed by atoms with Crippen molar-refractivity contribution in [2.24, 2.45) is 9.98 Å². The van der Waals surface area contributed by atoms with Gasteiger partial charge in [0.1, 0.15) is 11.6 Å². The Labute approximate surface area is 182 Å². The summed E-state index contributed by atoms with van der Waals surface area (Å²) in [6.45, 7) is 0.313. The molecule has 2 amide bonds. The van der Waals surface area contributed by atoms with Gasteiger partial charge in [-0.1, -0.05) is 54.2 Å². The number of para-hydroxylation sites is 1. The normalized spacial score (nSPS) is 17.0. The Bertz CT molecular complexity index is 1190. The summed E-state index contributed by atoms with van der Waals surface area (Å²) in [6, 6.07) is 20.0. The lowest BCUT2D eigenvalue weighted by Gasteiger charge is -2.25. The number of carbonyl (C=O) groups excluding carboxylic acids is 2. The number of amidine groups is 2. The maximum atomic E-state index is 13.3. The van der Waals surface area contributed by atoms with Gasteiger partial charge in [-0.25, -0.2) is 14.9 Å². The first-order valence-corrected chi connectivity index (χ1v) is 10.8. The summed E-state index contributed by atoms with van der Waals surface area (Å²) in [5.74, 6) is 1.03. The lowest BCUT2D eigenvalue weighted by atomic mass is 10.1. The predicted octanol–water partition coefficient (Wildman–Crippen LogP) is 3.66. The maximum absolute atomic E-state index is 13.3. The van der Waals surface area contributed by atoms with E-state index in [4.69, 9.17) is 9.41 Å². The highest BCUT2D eigenvalue weighted by Crippen LogP contribution is 2.37. The van der Waals surface area contributed by atoms with Crippen molar-refractivity contribution in [3.8, 4) is 0 Å². The molecule has 1 aromatic heterocycles. The van der Waals surface area contributed by atoms with Crippen LogP contribution in [0.4, 0.5) is 5.69 Å². The monoisotopic (exact) mass is 430 g/mol. The van der Waals surface area contributed by atoms with Crippen LogP contribution in [0.5, 0.6) is 0 Å². The quantitative estimate of drug-likeness (QED) is 0.669. The number of rotatable bonds is 5. The molecule has 1 atom stereocenters. The molecule has 0 aliphatic carbocycles. The molecule has 5 rings (SSSR count). The van der Waals surface area contributed by atoms with E-state index in [2.05, 4.69) is 10.3 Å². The number of furan rings is 1. The van der Waals surface area contributed by atoms with Gasteiger partial charge < -0.3 is 9.73 Å². The SMILES string of the molecule is O=C(CSC1=Nc2ccccc2C2=N[C@@H](c3ccccc3)C(=O)N12)NCc1ccco1. The fraction of sp³-hybridized carbons (Fsp3) is 0.130. The molecule has 0 saturated heterocycles. The van der Waals surface area contributed by atoms with E-state index in [1.54, 1.807) is 18.4 Å². The molecule has 0 spiro atoms. The number of nitrogens with zero attached hydrogens (tertiary/aromatic N) is 3. The molecule has 154 valence electrons. The summed E-state index contributed by atoms with van der Waals surface area (Å²) in [4.78, 5) is 36.5. The van der Waals surface area contributed by atoms with Crippen molar-refractivity contribution in [1.29, 1.82) is 0 Å². The lowest BCUT2D eigenvalue weighted by molar-refractivity contribution is -0.124. The second-order valence-corrected chi connectivity index (χ2v) is 7.94. The third-order valence-corrected chi connectivity index (χ3v) is 5.90. The fourth-order valence-corrected chi connectivity index (χ4v) is 4.31. The van der Waals surface area contributed by atoms with Gasteiger partial charge in [-0.2, -0.15) is 0 Å². The van der Waals surface area contributed by atoms with Gasteiger partial charge in [0.15, 0.2) is 11.2 Å². The van der Waals surface area contributed by atoms with Crippen LogP contribution in [-0.2, 0) is 16.1 Å². The topological polar surface area (TPSA) is 87.3 Å². The van der Waals surface area contributed by atoms with Crippen molar-refractivity contribution < 1.29 is 14.0 Å². The molecule has 3 aromatic rings. The molecule has 31 heavy (non-hydrogen) atoms. The molecule has 0 bridgehead atoms. The van der Waals surface area contributed by atoms with Crippen LogP contribution in [0.2, 0.25) is 0 Å². The van der Waals surface area contributed by atoms with Crippen LogP contribution in [0.15, 0.2) is 87.4 Å². The van der Waals surface area contributed by atoms with E-state index in [0.29, 0.717) is 23.3 Å². The number of benzene rings is 2. The van der Waals surface area contributed by atoms with Gasteiger partial charge in [0.25, 0.3) is 5.91 Å². The summed E-state index contributed by atoms with van der Waals surface area (Å²) in [5.41, 5.74) is 2.37. The van der Waals surface area contributed by atoms with Crippen molar-refractivity contribution in [2.75, 3.05) is 5.75 Å². The summed E-state index contributed by atoms with van der Waals surface area (Å²) < 4.78 is 5.23. The molecule has 0 fully saturated rings. The molecule has 3 heterocycles. The first-order chi connectivity index (χ1) is 15.2. The standard InChI is InChI=1S/C23H18N4O3S/c28-19(24-13-16-9-6-12-30-16)14-31-23-25-18-11-5-4-10-17(18)21-26-20(22(29)27(21)23)15-7-2-1-3-8-15/h1-12,20H,13-14H2,(H,24,28)/t20-/m0/s1. The number of hydrogen-bond donors (Lipinski definition) is 1. The van der Waals surface area contributed by atoms with E-state index < -0.39 is 6.04 Å². The summed E-state index contributed by atoms with van der Waals surface area (Å²) in [6.07, 6.45) is 1.56. The summed E-state index contributed by atoms with van der Waals surface area (Å²) >= 11 is 1.22. The molecule has 0 saturated carbocycles. The highest BCUT2D eigenvalue weighted by atomic mass is 32.2. The Morgan fingerprint density at radius 1 is 1.06 bits per heavy atom. The minimum atomic E-state index is -0.624. The minimum Gasteiger partial charge on any atom is -0.467 e. The van der Waals surface area contributed by atoms with Crippen LogP contribution < -0.4 is 5.32 Å². The zero-order valence-electron chi connectivity index (χ0n) is 16.4. The van der Waals surface area contributed by atoms with Gasteiger partial charge in [-0.3, -0.25) is 9.59 Å². The predicted molar refractivity (Wildman–Crippen MR) is 119 cm³/mol. The molecular formula is C23H18N4O3S. The molecule has 7 nitrogen and oxygen atoms in total. The van der Waals surface area contributed by atoms with Crippen molar-refractivity contribution in [3.63, 3.8) is 0 Å². The summed E-state index contributed by atoms with van der Waals surface area (Å²) in [7, 11) is 0. The van der Waals surface area contributed by atoms with Crippen LogP contribution in [0, 0.1) is 0 Å². The second-order valence-electron chi connectivity index (χ2n) is 7.00. The van der Waals surface area contributed by atoms with Crippen LogP contribution in [-0.4, -0.2) is 33.5 Å². The number of amides is 2. The molecule has 2 aromatic carbocycles. The van der Waals surface area contributed by atoms with Gasteiger partial charge in [0.2, 0.25) is 5.91 Å². The third kappa shape index (κ3) is 3.77. The molecule has 1 N–H and O–H groups in total. The Hall–Kier alpha value is -3.65. The van der Waals surface area contributed by atoms with E-state index in [0.717, 1.165) is 16.8 Å². The largest absolute Gasteiger partial charge is 0.467 e. The van der Waals surface area contributed by atoms with Gasteiger partial charge in [-0.15, -0.1) is 0 Å². The second kappa shape index (κ2) is 8.23. The number of thioether (sulfide) groups is 1. The van der Waals surface area contributed by atoms with Crippen molar-refractivity contribution in [2.45, 2.75) is 12.6 Å². The highest BCUT2D eigenvalue weighted by molar-refractivity contribution is 8.14. The first-order valence-electron chi connectivity index (χ1n) is 9.77. The number of hydrogen-bond acceptors (Lipinski definition) is 6. The van der Waals surface area contributed by atoms with Crippen LogP contribution in [0.3, 0.4) is 0 Å². The Morgan fingerprint density at radius 3 is 2.68 bits per heavy atom. The van der Waals surface area contributed by atoms with E-state index >= 15 is 0 Å². The Morgan fingerprint density at radius 2 is 1.87 bits per heavy atom. The highest BCUT2D eigenvalue weighted by Gasteiger charge is 2.42. The lowest BCUT2D eigenvalue weighted by Crippen LogP contribution is -2.40. The smallest absolute Gasteiger partial charge is 0.263 e. The van der Waals surface area contributed by atoms with E-state index in [-0.39, 0.29) is 17.6 Å². The van der Waals surface area contributed by atoms with Crippen molar-refractivity contribution >= 4 is 40.3 Å². The number of aliphatic imine (C=N–C) groups is 2. The van der Waals surface area contributed by atoms with E-state index in [1.807, 2.05) is 54.6 Å². The van der Waals surface area contributed by atoms with Gasteiger partial charge in [-0.05, 0) is 29.8 Å². The third-order valence-electron chi connectivity index (χ3n) is 4.96. The van der Waals surface area contributed by atoms with Gasteiger partial charge >= 0.3 is 0 Å². The van der Waals surface area contributed by atoms with Crippen LogP contribution in [0.1, 0.15) is 22.9 Å². The average molecular weight is 430 g/mol. The van der Waals surface area contributed by atoms with Gasteiger partial charge in [0, 0.05) is 5.56 Å². The minimum absolute atomic E-state index is 0.120. The number of nitrogens with one attached hydrogen (secondary N) is 1. The Kier molecular flexibility index (Phi) is 5.13. The average Bonchev–Trinajstić information content (AvgIpc) is 3.45. The Balaban J connectivity index is 1.38. The van der Waals surface area contributed by atoms with Crippen molar-refractivity contribution in [3.05, 3.63) is 89.9 Å². The summed E-state index contributed by atoms with van der Waals surface area (Å²) in [5, 5.41) is 3.26. The molecule has 2 aliphatic heterocycles. The number of fused-ring (bicyclic) bond motifs is 3. The number of carbonyl (C=O) groups is 2. The molecule has 0 radical (unpaired) electrons. The zero-order chi connectivity index (χ0) is 21.2. The molecular weight excluding hydrogens is 412 g/mol. The van der Waals surface area contributed by atoms with Gasteiger partial charge in [0.05, 0.1) is 24.2 Å². The van der Waals surface area contributed by atoms with Crippen LogP contribution >= 0.6 is 11.8 Å². The van der Waals surface area contributed by atoms with Crippen molar-refractivity contribution in [1.82, 2.24) is 10.2 Å². The fourth-order valence-electron chi connectivity index (χ4n) is 3.48. The molecule has 2 aliphatic rings. The van der Waals surface area contributed by atoms with E-state index in [9.17, 15) is 9.59 Å². The van der Waals surface area contributed by atoms with Crippen LogP contribution in [0.25, 0.3) is 0 Å². The molecule has 8 heteroatoms.